The van der Waals surface area contributed by atoms with Crippen LogP contribution in [0.15, 0.2) is 64.8 Å². The SMILES string of the molecule is C\C=C(/C=C(\C=C\CCC)C(F)(F)F)c1cnc2c(c1)CN(C1Nn3c(nccc3=O)C(C)=C1C)CC2. The minimum atomic E-state index is -4.45. The Morgan fingerprint density at radius 2 is 2.05 bits per heavy atom. The van der Waals surface area contributed by atoms with E-state index in [1.54, 1.807) is 25.3 Å². The molecule has 1 atom stereocenters. The number of aromatic nitrogens is 3. The first kappa shape index (κ1) is 26.6. The third-order valence-electron chi connectivity index (χ3n) is 6.90. The highest BCUT2D eigenvalue weighted by Gasteiger charge is 2.33. The lowest BCUT2D eigenvalue weighted by molar-refractivity contribution is -0.0881. The number of hydrogen-bond acceptors (Lipinski definition) is 5. The van der Waals surface area contributed by atoms with Crippen LogP contribution in [0, 0.1) is 0 Å². The van der Waals surface area contributed by atoms with E-state index in [0.29, 0.717) is 36.3 Å². The van der Waals surface area contributed by atoms with Gasteiger partial charge in [-0.2, -0.15) is 13.2 Å². The number of halogens is 3. The summed E-state index contributed by atoms with van der Waals surface area (Å²) in [5.41, 5.74) is 7.44. The highest BCUT2D eigenvalue weighted by molar-refractivity contribution is 5.75. The molecule has 0 spiro atoms. The van der Waals surface area contributed by atoms with Crippen LogP contribution in [0.2, 0.25) is 0 Å². The topological polar surface area (TPSA) is 63.1 Å². The van der Waals surface area contributed by atoms with Gasteiger partial charge >= 0.3 is 6.18 Å². The van der Waals surface area contributed by atoms with Crippen molar-refractivity contribution in [2.45, 2.75) is 65.8 Å². The van der Waals surface area contributed by atoms with Gasteiger partial charge in [-0.05, 0) is 61.6 Å². The molecule has 4 rings (SSSR count). The van der Waals surface area contributed by atoms with E-state index in [0.717, 1.165) is 41.4 Å². The Bertz CT molecular complexity index is 1350. The minimum absolute atomic E-state index is 0.179. The van der Waals surface area contributed by atoms with Crippen molar-refractivity contribution in [3.63, 3.8) is 0 Å². The zero-order valence-corrected chi connectivity index (χ0v) is 21.6. The number of pyridine rings is 1. The fraction of sp³-hybridized carbons (Fsp3) is 0.393. The lowest BCUT2D eigenvalue weighted by atomic mass is 9.97. The van der Waals surface area contributed by atoms with Crippen molar-refractivity contribution in [1.82, 2.24) is 19.5 Å². The molecule has 0 aromatic carbocycles. The fourth-order valence-corrected chi connectivity index (χ4v) is 4.68. The van der Waals surface area contributed by atoms with Crippen LogP contribution >= 0.6 is 0 Å². The summed E-state index contributed by atoms with van der Waals surface area (Å²) in [4.78, 5) is 23.6. The highest BCUT2D eigenvalue weighted by Crippen LogP contribution is 2.32. The molecule has 1 N–H and O–H groups in total. The van der Waals surface area contributed by atoms with Gasteiger partial charge in [0.05, 0.1) is 5.57 Å². The summed E-state index contributed by atoms with van der Waals surface area (Å²) in [5, 5.41) is 0. The first-order chi connectivity index (χ1) is 17.6. The van der Waals surface area contributed by atoms with Crippen molar-refractivity contribution in [2.24, 2.45) is 0 Å². The third kappa shape index (κ3) is 5.61. The number of nitrogens with zero attached hydrogens (tertiary/aromatic N) is 4. The van der Waals surface area contributed by atoms with Gasteiger partial charge in [-0.25, -0.2) is 9.66 Å². The maximum Gasteiger partial charge on any atom is 0.416 e. The maximum atomic E-state index is 13.7. The Balaban J connectivity index is 1.63. The van der Waals surface area contributed by atoms with Gasteiger partial charge in [-0.1, -0.05) is 31.6 Å². The third-order valence-corrected chi connectivity index (χ3v) is 6.90. The summed E-state index contributed by atoms with van der Waals surface area (Å²) in [5.74, 6) is 0.598. The molecule has 1 unspecified atom stereocenters. The minimum Gasteiger partial charge on any atom is -0.300 e. The molecule has 0 amide bonds. The molecule has 0 aliphatic carbocycles. The van der Waals surface area contributed by atoms with Crippen LogP contribution in [-0.2, 0) is 13.0 Å². The summed E-state index contributed by atoms with van der Waals surface area (Å²) in [7, 11) is 0. The van der Waals surface area contributed by atoms with Crippen LogP contribution in [0.4, 0.5) is 13.2 Å². The maximum absolute atomic E-state index is 13.7. The highest BCUT2D eigenvalue weighted by atomic mass is 19.4. The molecule has 2 aromatic rings. The summed E-state index contributed by atoms with van der Waals surface area (Å²) in [6.07, 6.45) is 6.14. The Kier molecular flexibility index (Phi) is 7.82. The lowest BCUT2D eigenvalue weighted by Gasteiger charge is -2.40. The molecule has 9 heteroatoms. The fourth-order valence-electron chi connectivity index (χ4n) is 4.68. The van der Waals surface area contributed by atoms with Crippen LogP contribution in [-0.4, -0.2) is 38.4 Å². The summed E-state index contributed by atoms with van der Waals surface area (Å²) < 4.78 is 42.5. The van der Waals surface area contributed by atoms with Gasteiger partial charge in [0.15, 0.2) is 5.82 Å². The molecule has 2 aromatic heterocycles. The molecule has 196 valence electrons. The van der Waals surface area contributed by atoms with E-state index in [4.69, 9.17) is 0 Å². The molecule has 37 heavy (non-hydrogen) atoms. The summed E-state index contributed by atoms with van der Waals surface area (Å²) in [6, 6.07) is 3.35. The van der Waals surface area contributed by atoms with Gasteiger partial charge < -0.3 is 0 Å². The molecule has 0 bridgehead atoms. The standard InChI is InChI=1S/C28H32F3N5O/c1-5-7-8-9-23(28(29,30)31)15-20(6-2)21-14-22-17-35(13-11-24(22)33-16-21)27-19(4)18(3)26-32-12-10-25(37)36(26)34-27/h6,8-10,12,14-16,27,34H,5,7,11,13,17H2,1-4H3/b9-8+,20-6+,23-15+. The number of allylic oxidation sites excluding steroid dienone is 7. The molecule has 0 fully saturated rings. The second-order valence-electron chi connectivity index (χ2n) is 9.36. The summed E-state index contributed by atoms with van der Waals surface area (Å²) >= 11 is 0. The van der Waals surface area contributed by atoms with Crippen LogP contribution in [0.5, 0.6) is 0 Å². The van der Waals surface area contributed by atoms with Gasteiger partial charge in [0, 0.05) is 49.2 Å². The number of fused-ring (bicyclic) bond motifs is 2. The second-order valence-corrected chi connectivity index (χ2v) is 9.36. The van der Waals surface area contributed by atoms with Crippen molar-refractivity contribution in [3.05, 3.63) is 93.0 Å². The van der Waals surface area contributed by atoms with E-state index < -0.39 is 11.7 Å². The van der Waals surface area contributed by atoms with Crippen LogP contribution in [0.3, 0.4) is 0 Å². The van der Waals surface area contributed by atoms with Crippen molar-refractivity contribution in [3.8, 4) is 0 Å². The molecule has 4 heterocycles. The van der Waals surface area contributed by atoms with Crippen molar-refractivity contribution in [2.75, 3.05) is 12.0 Å². The Morgan fingerprint density at radius 1 is 1.27 bits per heavy atom. The monoisotopic (exact) mass is 511 g/mol. The average molecular weight is 512 g/mol. The predicted octanol–water partition coefficient (Wildman–Crippen LogP) is 5.62. The first-order valence-corrected chi connectivity index (χ1v) is 12.5. The van der Waals surface area contributed by atoms with E-state index in [1.807, 2.05) is 26.8 Å². The number of rotatable bonds is 6. The zero-order valence-electron chi connectivity index (χ0n) is 21.6. The van der Waals surface area contributed by atoms with Gasteiger partial charge in [-0.15, -0.1) is 0 Å². The van der Waals surface area contributed by atoms with E-state index in [-0.39, 0.29) is 11.7 Å². The summed E-state index contributed by atoms with van der Waals surface area (Å²) in [6.45, 7) is 8.91. The molecular weight excluding hydrogens is 479 g/mol. The molecule has 2 aliphatic heterocycles. The molecule has 0 saturated heterocycles. The predicted molar refractivity (Wildman–Crippen MR) is 140 cm³/mol. The Labute approximate surface area is 214 Å². The molecule has 2 aliphatic rings. The smallest absolute Gasteiger partial charge is 0.300 e. The second kappa shape index (κ2) is 10.9. The number of alkyl halides is 3. The first-order valence-electron chi connectivity index (χ1n) is 12.5. The molecule has 0 radical (unpaired) electrons. The quantitative estimate of drug-likeness (QED) is 0.510. The normalized spacial score (nSPS) is 19.2. The van der Waals surface area contributed by atoms with Crippen LogP contribution < -0.4 is 11.0 Å². The Morgan fingerprint density at radius 3 is 2.76 bits per heavy atom. The van der Waals surface area contributed by atoms with E-state index in [9.17, 15) is 18.0 Å². The van der Waals surface area contributed by atoms with Gasteiger partial charge in [0.2, 0.25) is 0 Å². The number of nitrogens with one attached hydrogen (secondary N) is 1. The van der Waals surface area contributed by atoms with Crippen molar-refractivity contribution < 1.29 is 13.2 Å². The van der Waals surface area contributed by atoms with Crippen molar-refractivity contribution in [1.29, 1.82) is 0 Å². The molecular formula is C28H32F3N5O. The van der Waals surface area contributed by atoms with E-state index in [2.05, 4.69) is 20.3 Å². The molecule has 6 nitrogen and oxygen atoms in total. The molecule has 0 saturated carbocycles. The van der Waals surface area contributed by atoms with Crippen molar-refractivity contribution >= 4 is 11.1 Å². The van der Waals surface area contributed by atoms with Gasteiger partial charge in [0.1, 0.15) is 6.17 Å². The van der Waals surface area contributed by atoms with E-state index >= 15 is 0 Å². The van der Waals surface area contributed by atoms with Gasteiger partial charge in [-0.3, -0.25) is 20.1 Å². The van der Waals surface area contributed by atoms with E-state index in [1.165, 1.54) is 23.0 Å². The number of hydrogen-bond donors (Lipinski definition) is 1. The zero-order chi connectivity index (χ0) is 26.7. The van der Waals surface area contributed by atoms with Crippen LogP contribution in [0.25, 0.3) is 11.1 Å². The average Bonchev–Trinajstić information content (AvgIpc) is 2.87. The lowest BCUT2D eigenvalue weighted by Crippen LogP contribution is -2.52. The van der Waals surface area contributed by atoms with Gasteiger partial charge in [0.25, 0.3) is 5.56 Å². The van der Waals surface area contributed by atoms with Crippen LogP contribution in [0.1, 0.15) is 63.2 Å². The largest absolute Gasteiger partial charge is 0.416 e. The number of unbranched alkanes of at least 4 members (excludes halogenated alkanes) is 1. The Hall–Kier alpha value is -3.46.